The molecule has 0 radical (unpaired) electrons. The third-order valence-electron chi connectivity index (χ3n) is 6.10. The summed E-state index contributed by atoms with van der Waals surface area (Å²) in [6.07, 6.45) is 1.57. The summed E-state index contributed by atoms with van der Waals surface area (Å²) in [6, 6.07) is 12.7. The Morgan fingerprint density at radius 2 is 1.89 bits per heavy atom. The summed E-state index contributed by atoms with van der Waals surface area (Å²) < 4.78 is 12.1. The fourth-order valence-corrected chi connectivity index (χ4v) is 5.59. The Hall–Kier alpha value is -3.95. The van der Waals surface area contributed by atoms with E-state index in [9.17, 15) is 14.7 Å². The van der Waals surface area contributed by atoms with Gasteiger partial charge in [0.25, 0.3) is 5.78 Å². The summed E-state index contributed by atoms with van der Waals surface area (Å²) >= 11 is 7.56. The molecule has 8 nitrogen and oxygen atoms in total. The normalized spacial score (nSPS) is 16.8. The van der Waals surface area contributed by atoms with Crippen molar-refractivity contribution in [2.45, 2.75) is 26.8 Å². The standard InChI is InChI=1S/C28H24ClN3O5S/c1-4-36-16-9-10-17(21(13-16)37-5-2)25(33)23-24(19-8-6-7-11-30-19)32(27(35)26(23)34)28-31-20-14-18(29)15(3)12-22(20)38-28/h6-14,24,33H,4-5H2,1-3H3/b25-23+. The maximum Gasteiger partial charge on any atom is 0.301 e. The number of aliphatic hydroxyl groups excluding tert-OH is 1. The van der Waals surface area contributed by atoms with Crippen molar-refractivity contribution in [3.63, 3.8) is 0 Å². The van der Waals surface area contributed by atoms with E-state index in [2.05, 4.69) is 9.97 Å². The molecule has 1 aliphatic heterocycles. The number of aromatic nitrogens is 2. The number of anilines is 1. The van der Waals surface area contributed by atoms with Crippen molar-refractivity contribution in [2.24, 2.45) is 0 Å². The topological polar surface area (TPSA) is 102 Å². The molecule has 1 aliphatic rings. The lowest BCUT2D eigenvalue weighted by atomic mass is 9.98. The number of aliphatic hydroxyl groups is 1. The Kier molecular flexibility index (Phi) is 7.05. The molecule has 194 valence electrons. The fraction of sp³-hybridized carbons (Fsp3) is 0.214. The molecular weight excluding hydrogens is 526 g/mol. The highest BCUT2D eigenvalue weighted by Crippen LogP contribution is 2.45. The number of carbonyl (C=O) groups is 2. The van der Waals surface area contributed by atoms with Crippen molar-refractivity contribution < 1.29 is 24.2 Å². The Balaban J connectivity index is 1.71. The number of nitrogens with zero attached hydrogens (tertiary/aromatic N) is 3. The number of ether oxygens (including phenoxy) is 2. The first kappa shape index (κ1) is 25.7. The largest absolute Gasteiger partial charge is 0.507 e. The summed E-state index contributed by atoms with van der Waals surface area (Å²) in [4.78, 5) is 37.3. The first-order valence-corrected chi connectivity index (χ1v) is 13.2. The van der Waals surface area contributed by atoms with Crippen molar-refractivity contribution in [1.29, 1.82) is 0 Å². The van der Waals surface area contributed by atoms with E-state index in [-0.39, 0.29) is 16.9 Å². The van der Waals surface area contributed by atoms with E-state index >= 15 is 0 Å². The Morgan fingerprint density at radius 1 is 1.11 bits per heavy atom. The zero-order chi connectivity index (χ0) is 27.0. The van der Waals surface area contributed by atoms with E-state index in [1.165, 1.54) is 16.2 Å². The van der Waals surface area contributed by atoms with Crippen LogP contribution >= 0.6 is 22.9 Å². The van der Waals surface area contributed by atoms with Gasteiger partial charge >= 0.3 is 5.91 Å². The third kappa shape index (κ3) is 4.48. The minimum atomic E-state index is -1.01. The predicted octanol–water partition coefficient (Wildman–Crippen LogP) is 6.08. The van der Waals surface area contributed by atoms with Gasteiger partial charge in [0.2, 0.25) is 0 Å². The van der Waals surface area contributed by atoms with Crippen LogP contribution in [-0.2, 0) is 9.59 Å². The van der Waals surface area contributed by atoms with Crippen LogP contribution in [0.25, 0.3) is 16.0 Å². The van der Waals surface area contributed by atoms with Crippen LogP contribution in [0.3, 0.4) is 0 Å². The molecule has 1 amide bonds. The molecule has 0 saturated carbocycles. The lowest BCUT2D eigenvalue weighted by Crippen LogP contribution is -2.29. The molecule has 1 N–H and O–H groups in total. The van der Waals surface area contributed by atoms with Crippen LogP contribution in [0.1, 0.15) is 36.7 Å². The summed E-state index contributed by atoms with van der Waals surface area (Å²) in [6.45, 7) is 6.33. The smallest absolute Gasteiger partial charge is 0.301 e. The first-order valence-electron chi connectivity index (χ1n) is 12.0. The second kappa shape index (κ2) is 10.4. The second-order valence-corrected chi connectivity index (χ2v) is 9.93. The minimum absolute atomic E-state index is 0.104. The molecule has 38 heavy (non-hydrogen) atoms. The molecule has 4 aromatic rings. The van der Waals surface area contributed by atoms with Crippen molar-refractivity contribution in [3.05, 3.63) is 82.1 Å². The number of rotatable bonds is 7. The van der Waals surface area contributed by atoms with Crippen molar-refractivity contribution in [3.8, 4) is 11.5 Å². The van der Waals surface area contributed by atoms with E-state index in [1.54, 1.807) is 48.7 Å². The van der Waals surface area contributed by atoms with Gasteiger partial charge in [-0.1, -0.05) is 29.0 Å². The van der Waals surface area contributed by atoms with E-state index in [0.29, 0.717) is 46.1 Å². The highest BCUT2D eigenvalue weighted by Gasteiger charge is 2.49. The Bertz CT molecular complexity index is 1550. The first-order chi connectivity index (χ1) is 18.3. The number of benzene rings is 2. The van der Waals surface area contributed by atoms with Crippen LogP contribution in [-0.4, -0.2) is 40.0 Å². The highest BCUT2D eigenvalue weighted by molar-refractivity contribution is 7.22. The third-order valence-corrected chi connectivity index (χ3v) is 7.52. The summed E-state index contributed by atoms with van der Waals surface area (Å²) in [5, 5.41) is 12.4. The van der Waals surface area contributed by atoms with E-state index in [1.807, 2.05) is 26.8 Å². The van der Waals surface area contributed by atoms with Crippen LogP contribution < -0.4 is 14.4 Å². The van der Waals surface area contributed by atoms with Gasteiger partial charge in [0.1, 0.15) is 23.3 Å². The highest BCUT2D eigenvalue weighted by atomic mass is 35.5. The van der Waals surface area contributed by atoms with Gasteiger partial charge in [0.05, 0.1) is 40.3 Å². The molecule has 1 unspecified atom stereocenters. The molecule has 1 fully saturated rings. The number of Topliss-reactive ketones (excluding diaryl/α,β-unsaturated/α-hetero) is 1. The molecule has 1 saturated heterocycles. The predicted molar refractivity (Wildman–Crippen MR) is 147 cm³/mol. The maximum atomic E-state index is 13.5. The molecular formula is C28H24ClN3O5S. The zero-order valence-electron chi connectivity index (χ0n) is 20.9. The van der Waals surface area contributed by atoms with Crippen LogP contribution in [0, 0.1) is 6.92 Å². The number of hydrogen-bond donors (Lipinski definition) is 1. The average molecular weight is 550 g/mol. The molecule has 3 heterocycles. The summed E-state index contributed by atoms with van der Waals surface area (Å²) in [7, 11) is 0. The van der Waals surface area contributed by atoms with Gasteiger partial charge in [-0.2, -0.15) is 0 Å². The number of ketones is 1. The number of hydrogen-bond acceptors (Lipinski definition) is 8. The van der Waals surface area contributed by atoms with Crippen LogP contribution in [0.2, 0.25) is 5.02 Å². The lowest BCUT2D eigenvalue weighted by molar-refractivity contribution is -0.132. The number of carbonyl (C=O) groups excluding carboxylic acids is 2. The van der Waals surface area contributed by atoms with Crippen LogP contribution in [0.5, 0.6) is 11.5 Å². The van der Waals surface area contributed by atoms with Gasteiger partial charge in [-0.15, -0.1) is 0 Å². The van der Waals surface area contributed by atoms with Gasteiger partial charge in [-0.05, 0) is 62.7 Å². The summed E-state index contributed by atoms with van der Waals surface area (Å²) in [5.74, 6) is -1.14. The van der Waals surface area contributed by atoms with Crippen molar-refractivity contribution >= 4 is 55.7 Å². The number of fused-ring (bicyclic) bond motifs is 1. The number of thiazole rings is 1. The minimum Gasteiger partial charge on any atom is -0.507 e. The molecule has 0 aliphatic carbocycles. The maximum absolute atomic E-state index is 13.5. The van der Waals surface area contributed by atoms with E-state index in [4.69, 9.17) is 21.1 Å². The molecule has 0 bridgehead atoms. The fourth-order valence-electron chi connectivity index (χ4n) is 4.36. The van der Waals surface area contributed by atoms with E-state index in [0.717, 1.165) is 10.3 Å². The average Bonchev–Trinajstić information content (AvgIpc) is 3.42. The number of aryl methyl sites for hydroxylation is 1. The monoisotopic (exact) mass is 549 g/mol. The quantitative estimate of drug-likeness (QED) is 0.169. The molecule has 2 aromatic carbocycles. The van der Waals surface area contributed by atoms with Gasteiger partial charge in [-0.25, -0.2) is 4.98 Å². The zero-order valence-corrected chi connectivity index (χ0v) is 22.5. The molecule has 1 atom stereocenters. The Labute approximate surface area is 228 Å². The molecule has 10 heteroatoms. The lowest BCUT2D eigenvalue weighted by Gasteiger charge is -2.22. The number of amides is 1. The van der Waals surface area contributed by atoms with Gasteiger partial charge in [0, 0.05) is 17.3 Å². The van der Waals surface area contributed by atoms with Gasteiger partial charge in [0.15, 0.2) is 5.13 Å². The van der Waals surface area contributed by atoms with Gasteiger partial charge in [-0.3, -0.25) is 19.5 Å². The van der Waals surface area contributed by atoms with Crippen molar-refractivity contribution in [2.75, 3.05) is 18.1 Å². The summed E-state index contributed by atoms with van der Waals surface area (Å²) in [5.41, 5.74) is 2.04. The number of halogens is 1. The second-order valence-electron chi connectivity index (χ2n) is 8.51. The Morgan fingerprint density at radius 3 is 2.61 bits per heavy atom. The number of pyridine rings is 1. The SMILES string of the molecule is CCOc1ccc(/C(O)=C2\C(=O)C(=O)N(c3nc4cc(Cl)c(C)cc4s3)C2c2ccccn2)c(OCC)c1. The molecule has 2 aromatic heterocycles. The molecule has 5 rings (SSSR count). The van der Waals surface area contributed by atoms with E-state index < -0.39 is 17.7 Å². The van der Waals surface area contributed by atoms with Crippen molar-refractivity contribution in [1.82, 2.24) is 9.97 Å². The van der Waals surface area contributed by atoms with Crippen LogP contribution in [0.15, 0.2) is 60.3 Å². The van der Waals surface area contributed by atoms with Crippen LogP contribution in [0.4, 0.5) is 5.13 Å². The van der Waals surface area contributed by atoms with Gasteiger partial charge < -0.3 is 14.6 Å². The molecule has 0 spiro atoms.